The van der Waals surface area contributed by atoms with Crippen LogP contribution in [0.5, 0.6) is 0 Å². The van der Waals surface area contributed by atoms with Crippen LogP contribution in [0.4, 0.5) is 5.69 Å². The smallest absolute Gasteiger partial charge is 0.304 e. The molecule has 0 saturated carbocycles. The van der Waals surface area contributed by atoms with E-state index in [0.717, 1.165) is 27.2 Å². The van der Waals surface area contributed by atoms with Crippen LogP contribution in [-0.4, -0.2) is 4.98 Å². The first-order valence-electron chi connectivity index (χ1n) is 4.79. The van der Waals surface area contributed by atoms with Crippen molar-refractivity contribution < 1.29 is 0 Å². The Labute approximate surface area is 110 Å². The molecule has 0 radical (unpaired) electrons. The molecular weight excluding hydrogens is 302 g/mol. The molecule has 17 heavy (non-hydrogen) atoms. The Bertz CT molecular complexity index is 626. The van der Waals surface area contributed by atoms with Crippen molar-refractivity contribution in [2.24, 2.45) is 0 Å². The number of nitrogens with one attached hydrogen (secondary N) is 2. The van der Waals surface area contributed by atoms with E-state index in [9.17, 15) is 4.79 Å². The number of hydrogen-bond donors (Lipinski definition) is 2. The van der Waals surface area contributed by atoms with Gasteiger partial charge in [0.2, 0.25) is 0 Å². The van der Waals surface area contributed by atoms with E-state index in [1.54, 1.807) is 11.4 Å². The molecule has 0 fully saturated rings. The summed E-state index contributed by atoms with van der Waals surface area (Å²) in [5, 5.41) is 13.7. The highest BCUT2D eigenvalue weighted by Gasteiger charge is 2.01. The first kappa shape index (κ1) is 11.9. The predicted octanol–water partition coefficient (Wildman–Crippen LogP) is 2.68. The molecule has 6 heteroatoms. The van der Waals surface area contributed by atoms with Crippen molar-refractivity contribution in [1.82, 2.24) is 4.98 Å². The second-order valence-corrected chi connectivity index (χ2v) is 5.03. The molecule has 2 rings (SSSR count). The second-order valence-electron chi connectivity index (χ2n) is 3.33. The van der Waals surface area contributed by atoms with Crippen LogP contribution in [0.15, 0.2) is 32.8 Å². The lowest BCUT2D eigenvalue weighted by atomic mass is 10.2. The number of H-pyrrole nitrogens is 1. The minimum Gasteiger partial charge on any atom is -0.379 e. The topological polar surface area (TPSA) is 68.7 Å². The molecule has 86 valence electrons. The van der Waals surface area contributed by atoms with Crippen LogP contribution in [-0.2, 0) is 6.54 Å². The maximum Gasteiger partial charge on any atom is 0.304 e. The number of rotatable bonds is 3. The van der Waals surface area contributed by atoms with E-state index in [0.29, 0.717) is 12.1 Å². The summed E-state index contributed by atoms with van der Waals surface area (Å²) >= 11 is 4.46. The Hall–Kier alpha value is -1.58. The molecule has 0 bridgehead atoms. The fraction of sp³-hybridized carbons (Fsp3) is 0.0909. The van der Waals surface area contributed by atoms with E-state index in [4.69, 9.17) is 5.26 Å². The van der Waals surface area contributed by atoms with Crippen LogP contribution in [0, 0.1) is 11.3 Å². The summed E-state index contributed by atoms with van der Waals surface area (Å²) in [5.74, 6) is 0. The number of aromatic amines is 1. The zero-order valence-electron chi connectivity index (χ0n) is 8.66. The molecule has 0 unspecified atom stereocenters. The van der Waals surface area contributed by atoms with Gasteiger partial charge in [0.1, 0.15) is 6.07 Å². The fourth-order valence-corrected chi connectivity index (χ4v) is 2.36. The molecule has 1 aromatic heterocycles. The van der Waals surface area contributed by atoms with Gasteiger partial charge in [0.05, 0.1) is 12.1 Å². The van der Waals surface area contributed by atoms with Crippen molar-refractivity contribution in [2.45, 2.75) is 6.54 Å². The van der Waals surface area contributed by atoms with Crippen LogP contribution in [0.3, 0.4) is 0 Å². The van der Waals surface area contributed by atoms with Gasteiger partial charge in [-0.1, -0.05) is 11.3 Å². The van der Waals surface area contributed by atoms with Gasteiger partial charge in [-0.3, -0.25) is 4.79 Å². The van der Waals surface area contributed by atoms with Gasteiger partial charge in [0.25, 0.3) is 0 Å². The molecule has 1 heterocycles. The highest BCUT2D eigenvalue weighted by molar-refractivity contribution is 9.10. The number of anilines is 1. The van der Waals surface area contributed by atoms with Crippen molar-refractivity contribution in [3.63, 3.8) is 0 Å². The highest BCUT2D eigenvalue weighted by atomic mass is 79.9. The van der Waals surface area contributed by atoms with Gasteiger partial charge < -0.3 is 10.3 Å². The number of halogens is 1. The SMILES string of the molecule is N#Cc1ccc(NCc2csc(=O)[nH]2)cc1Br. The van der Waals surface area contributed by atoms with Crippen molar-refractivity contribution in [3.8, 4) is 6.07 Å². The standard InChI is InChI=1S/C11H8BrN3OS/c12-10-3-8(2-1-7(10)4-13)14-5-9-6-17-11(16)15-9/h1-3,6,14H,5H2,(H,15,16). The maximum absolute atomic E-state index is 10.9. The zero-order valence-corrected chi connectivity index (χ0v) is 11.1. The summed E-state index contributed by atoms with van der Waals surface area (Å²) in [7, 11) is 0. The van der Waals surface area contributed by atoms with E-state index >= 15 is 0 Å². The quantitative estimate of drug-likeness (QED) is 0.916. The van der Waals surface area contributed by atoms with Gasteiger partial charge in [0, 0.05) is 21.2 Å². The Morgan fingerprint density at radius 1 is 1.53 bits per heavy atom. The third-order valence-corrected chi connectivity index (χ3v) is 3.52. The van der Waals surface area contributed by atoms with Gasteiger partial charge in [-0.25, -0.2) is 0 Å². The normalized spacial score (nSPS) is 9.88. The van der Waals surface area contributed by atoms with Crippen molar-refractivity contribution >= 4 is 33.0 Å². The van der Waals surface area contributed by atoms with Crippen LogP contribution < -0.4 is 10.2 Å². The van der Waals surface area contributed by atoms with Crippen molar-refractivity contribution in [2.75, 3.05) is 5.32 Å². The van der Waals surface area contributed by atoms with Crippen LogP contribution >= 0.6 is 27.3 Å². The van der Waals surface area contributed by atoms with Crippen molar-refractivity contribution in [1.29, 1.82) is 5.26 Å². The third kappa shape index (κ3) is 2.96. The Balaban J connectivity index is 2.07. The maximum atomic E-state index is 10.9. The average molecular weight is 310 g/mol. The predicted molar refractivity (Wildman–Crippen MR) is 71.1 cm³/mol. The van der Waals surface area contributed by atoms with Gasteiger partial charge >= 0.3 is 4.87 Å². The molecule has 1 aromatic carbocycles. The molecule has 2 aromatic rings. The Kier molecular flexibility index (Phi) is 3.61. The number of benzene rings is 1. The van der Waals surface area contributed by atoms with E-state index in [1.165, 1.54) is 0 Å². The first-order chi connectivity index (χ1) is 8.19. The van der Waals surface area contributed by atoms with Gasteiger partial charge in [0.15, 0.2) is 0 Å². The number of nitrogens with zero attached hydrogens (tertiary/aromatic N) is 1. The van der Waals surface area contributed by atoms with E-state index in [2.05, 4.69) is 32.3 Å². The largest absolute Gasteiger partial charge is 0.379 e. The number of thiazole rings is 1. The van der Waals surface area contributed by atoms with Gasteiger partial charge in [-0.2, -0.15) is 5.26 Å². The molecular formula is C11H8BrN3OS. The molecule has 0 atom stereocenters. The fourth-order valence-electron chi connectivity index (χ4n) is 1.31. The molecule has 0 aliphatic rings. The van der Waals surface area contributed by atoms with E-state index < -0.39 is 0 Å². The monoisotopic (exact) mass is 309 g/mol. The number of nitriles is 1. The van der Waals surface area contributed by atoms with Gasteiger partial charge in [-0.05, 0) is 34.1 Å². The second kappa shape index (κ2) is 5.17. The molecule has 2 N–H and O–H groups in total. The average Bonchev–Trinajstić information content (AvgIpc) is 2.73. The Morgan fingerprint density at radius 2 is 2.35 bits per heavy atom. The third-order valence-electron chi connectivity index (χ3n) is 2.14. The van der Waals surface area contributed by atoms with E-state index in [-0.39, 0.29) is 4.87 Å². The van der Waals surface area contributed by atoms with Crippen LogP contribution in [0.1, 0.15) is 11.3 Å². The molecule has 0 aliphatic carbocycles. The summed E-state index contributed by atoms with van der Waals surface area (Å²) in [4.78, 5) is 13.6. The van der Waals surface area contributed by atoms with Crippen molar-refractivity contribution in [3.05, 3.63) is 49.0 Å². The Morgan fingerprint density at radius 3 is 2.94 bits per heavy atom. The summed E-state index contributed by atoms with van der Waals surface area (Å²) in [6, 6.07) is 7.48. The van der Waals surface area contributed by atoms with E-state index in [1.807, 2.05) is 12.1 Å². The highest BCUT2D eigenvalue weighted by Crippen LogP contribution is 2.21. The number of aromatic nitrogens is 1. The summed E-state index contributed by atoms with van der Waals surface area (Å²) in [6.45, 7) is 0.553. The number of hydrogen-bond acceptors (Lipinski definition) is 4. The first-order valence-corrected chi connectivity index (χ1v) is 6.46. The molecule has 0 spiro atoms. The summed E-state index contributed by atoms with van der Waals surface area (Å²) < 4.78 is 0.754. The minimum atomic E-state index is -0.0530. The lowest BCUT2D eigenvalue weighted by molar-refractivity contribution is 1.06. The lowest BCUT2D eigenvalue weighted by Crippen LogP contribution is -2.02. The van der Waals surface area contributed by atoms with Gasteiger partial charge in [-0.15, -0.1) is 0 Å². The molecule has 0 saturated heterocycles. The molecule has 4 nitrogen and oxygen atoms in total. The minimum absolute atomic E-state index is 0.0530. The molecule has 0 aliphatic heterocycles. The summed E-state index contributed by atoms with van der Waals surface area (Å²) in [5.41, 5.74) is 2.34. The van der Waals surface area contributed by atoms with Crippen LogP contribution in [0.25, 0.3) is 0 Å². The zero-order chi connectivity index (χ0) is 12.3. The molecule has 0 amide bonds. The summed E-state index contributed by atoms with van der Waals surface area (Å²) in [6.07, 6.45) is 0. The van der Waals surface area contributed by atoms with Crippen LogP contribution in [0.2, 0.25) is 0 Å². The lowest BCUT2D eigenvalue weighted by Gasteiger charge is -2.05.